The average molecular weight is 401 g/mol. The van der Waals surface area contributed by atoms with Crippen LogP contribution < -0.4 is 0 Å². The number of Topliss-reactive ketones (excluding diaryl/α,β-unsaturated/α-hetero) is 1. The number of ketones is 1. The number of hydrogen-bond acceptors (Lipinski definition) is 3. The Labute approximate surface area is 178 Å². The molecule has 3 atom stereocenters. The maximum Gasteiger partial charge on any atom is 0.334 e. The fourth-order valence-electron chi connectivity index (χ4n) is 5.26. The summed E-state index contributed by atoms with van der Waals surface area (Å²) >= 11 is 0. The number of hydrogen-bond donors (Lipinski definition) is 0. The SMILES string of the molecule is CCOC(=O)C1=CC[C@H](c2ccccc2)C12CC(C)C/C(=C\c1ccccc1)C2=O. The summed E-state index contributed by atoms with van der Waals surface area (Å²) in [5.74, 6) is -0.0279. The van der Waals surface area contributed by atoms with Gasteiger partial charge >= 0.3 is 5.97 Å². The first-order valence-electron chi connectivity index (χ1n) is 10.8. The van der Waals surface area contributed by atoms with Gasteiger partial charge in [0, 0.05) is 11.5 Å². The van der Waals surface area contributed by atoms with Gasteiger partial charge in [0.05, 0.1) is 12.0 Å². The second-order valence-corrected chi connectivity index (χ2v) is 8.43. The lowest BCUT2D eigenvalue weighted by Gasteiger charge is -2.43. The largest absolute Gasteiger partial charge is 0.463 e. The molecule has 0 bridgehead atoms. The minimum absolute atomic E-state index is 0.0486. The van der Waals surface area contributed by atoms with Crippen LogP contribution in [-0.4, -0.2) is 18.4 Å². The number of carbonyl (C=O) groups is 2. The van der Waals surface area contributed by atoms with Gasteiger partial charge in [-0.25, -0.2) is 4.79 Å². The Kier molecular flexibility index (Phi) is 5.72. The van der Waals surface area contributed by atoms with E-state index in [0.29, 0.717) is 30.9 Å². The molecule has 154 valence electrons. The van der Waals surface area contributed by atoms with Gasteiger partial charge in [0.25, 0.3) is 0 Å². The third-order valence-corrected chi connectivity index (χ3v) is 6.41. The lowest BCUT2D eigenvalue weighted by Crippen LogP contribution is -2.44. The molecule has 2 aliphatic carbocycles. The molecule has 0 aliphatic heterocycles. The summed E-state index contributed by atoms with van der Waals surface area (Å²) in [6.07, 6.45) is 6.03. The van der Waals surface area contributed by atoms with Gasteiger partial charge in [-0.3, -0.25) is 4.79 Å². The highest BCUT2D eigenvalue weighted by Gasteiger charge is 2.57. The maximum absolute atomic E-state index is 14.1. The van der Waals surface area contributed by atoms with Crippen LogP contribution in [0.25, 0.3) is 6.08 Å². The third-order valence-electron chi connectivity index (χ3n) is 6.41. The van der Waals surface area contributed by atoms with E-state index in [1.807, 2.05) is 60.7 Å². The predicted octanol–water partition coefficient (Wildman–Crippen LogP) is 5.73. The summed E-state index contributed by atoms with van der Waals surface area (Å²) in [7, 11) is 0. The second kappa shape index (κ2) is 8.43. The monoisotopic (exact) mass is 400 g/mol. The highest BCUT2D eigenvalue weighted by atomic mass is 16.5. The van der Waals surface area contributed by atoms with Crippen molar-refractivity contribution in [2.24, 2.45) is 11.3 Å². The number of benzene rings is 2. The molecule has 4 rings (SSSR count). The van der Waals surface area contributed by atoms with Crippen molar-refractivity contribution in [3.05, 3.63) is 89.0 Å². The second-order valence-electron chi connectivity index (χ2n) is 8.43. The summed E-state index contributed by atoms with van der Waals surface area (Å²) in [5, 5.41) is 0. The summed E-state index contributed by atoms with van der Waals surface area (Å²) in [6, 6.07) is 20.1. The fraction of sp³-hybridized carbons (Fsp3) is 0.333. The van der Waals surface area contributed by atoms with E-state index in [9.17, 15) is 9.59 Å². The number of carbonyl (C=O) groups excluding carboxylic acids is 2. The minimum Gasteiger partial charge on any atom is -0.463 e. The van der Waals surface area contributed by atoms with Crippen molar-refractivity contribution in [1.82, 2.24) is 0 Å². The van der Waals surface area contributed by atoms with Gasteiger partial charge in [-0.05, 0) is 54.9 Å². The zero-order valence-electron chi connectivity index (χ0n) is 17.6. The quantitative estimate of drug-likeness (QED) is 0.486. The molecule has 0 N–H and O–H groups in total. The molecule has 2 aromatic rings. The Balaban J connectivity index is 1.83. The van der Waals surface area contributed by atoms with Gasteiger partial charge in [-0.1, -0.05) is 73.7 Å². The molecule has 3 nitrogen and oxygen atoms in total. The van der Waals surface area contributed by atoms with Gasteiger partial charge < -0.3 is 4.74 Å². The molecule has 2 aliphatic rings. The zero-order chi connectivity index (χ0) is 21.1. The van der Waals surface area contributed by atoms with Crippen LogP contribution in [0.15, 0.2) is 77.9 Å². The first-order valence-corrected chi connectivity index (χ1v) is 10.8. The molecule has 2 aromatic carbocycles. The molecule has 30 heavy (non-hydrogen) atoms. The molecule has 1 saturated carbocycles. The van der Waals surface area contributed by atoms with E-state index in [-0.39, 0.29) is 17.7 Å². The summed E-state index contributed by atoms with van der Waals surface area (Å²) in [4.78, 5) is 27.0. The topological polar surface area (TPSA) is 43.4 Å². The molecule has 0 aromatic heterocycles. The molecular weight excluding hydrogens is 372 g/mol. The van der Waals surface area contributed by atoms with Crippen molar-refractivity contribution in [2.75, 3.05) is 6.61 Å². The van der Waals surface area contributed by atoms with Crippen molar-refractivity contribution in [3.63, 3.8) is 0 Å². The van der Waals surface area contributed by atoms with E-state index in [1.54, 1.807) is 6.92 Å². The smallest absolute Gasteiger partial charge is 0.334 e. The van der Waals surface area contributed by atoms with E-state index < -0.39 is 5.41 Å². The lowest BCUT2D eigenvalue weighted by molar-refractivity contribution is -0.142. The maximum atomic E-state index is 14.1. The van der Waals surface area contributed by atoms with Crippen LogP contribution in [0.1, 0.15) is 50.2 Å². The molecule has 1 fully saturated rings. The van der Waals surface area contributed by atoms with E-state index >= 15 is 0 Å². The summed E-state index contributed by atoms with van der Waals surface area (Å²) in [5.41, 5.74) is 2.62. The van der Waals surface area contributed by atoms with Crippen LogP contribution in [0.3, 0.4) is 0 Å². The minimum atomic E-state index is -0.855. The molecule has 0 heterocycles. The van der Waals surface area contributed by atoms with Crippen molar-refractivity contribution in [3.8, 4) is 0 Å². The van der Waals surface area contributed by atoms with Crippen LogP contribution in [0.4, 0.5) is 0 Å². The normalized spacial score (nSPS) is 27.3. The first-order chi connectivity index (χ1) is 14.6. The van der Waals surface area contributed by atoms with Crippen molar-refractivity contribution in [1.29, 1.82) is 0 Å². The highest BCUT2D eigenvalue weighted by Crippen LogP contribution is 2.58. The third kappa shape index (κ3) is 3.54. The van der Waals surface area contributed by atoms with E-state index in [4.69, 9.17) is 4.74 Å². The Morgan fingerprint density at radius 3 is 2.43 bits per heavy atom. The van der Waals surface area contributed by atoms with Crippen LogP contribution in [0.2, 0.25) is 0 Å². The average Bonchev–Trinajstić information content (AvgIpc) is 3.13. The van der Waals surface area contributed by atoms with Gasteiger partial charge in [0.15, 0.2) is 5.78 Å². The Morgan fingerprint density at radius 2 is 1.77 bits per heavy atom. The van der Waals surface area contributed by atoms with Gasteiger partial charge in [0.2, 0.25) is 0 Å². The molecule has 0 saturated heterocycles. The zero-order valence-corrected chi connectivity index (χ0v) is 17.6. The number of ether oxygens (including phenoxy) is 1. The van der Waals surface area contributed by atoms with Crippen molar-refractivity contribution >= 4 is 17.8 Å². The lowest BCUT2D eigenvalue weighted by atomic mass is 9.58. The molecular formula is C27H28O3. The number of rotatable bonds is 4. The van der Waals surface area contributed by atoms with Gasteiger partial charge in [0.1, 0.15) is 0 Å². The van der Waals surface area contributed by atoms with Crippen molar-refractivity contribution in [2.45, 2.75) is 39.0 Å². The molecule has 3 heteroatoms. The Hall–Kier alpha value is -2.94. The van der Waals surface area contributed by atoms with Crippen LogP contribution >= 0.6 is 0 Å². The summed E-state index contributed by atoms with van der Waals surface area (Å²) in [6.45, 7) is 4.29. The molecule has 0 amide bonds. The standard InChI is InChI=1S/C27H28O3/c1-3-30-26(29)24-15-14-23(21-12-8-5-9-13-21)27(24)18-19(2)16-22(25(27)28)17-20-10-6-4-7-11-20/h4-13,15,17,19,23H,3,14,16,18H2,1-2H3/b22-17+/t19?,23-,27?/m1/s1. The summed E-state index contributed by atoms with van der Waals surface area (Å²) < 4.78 is 5.40. The van der Waals surface area contributed by atoms with E-state index in [2.05, 4.69) is 19.1 Å². The van der Waals surface area contributed by atoms with E-state index in [1.165, 1.54) is 0 Å². The van der Waals surface area contributed by atoms with Crippen LogP contribution in [-0.2, 0) is 14.3 Å². The fourth-order valence-corrected chi connectivity index (χ4v) is 5.26. The van der Waals surface area contributed by atoms with Gasteiger partial charge in [-0.2, -0.15) is 0 Å². The van der Waals surface area contributed by atoms with Crippen LogP contribution in [0, 0.1) is 11.3 Å². The first kappa shape index (κ1) is 20.3. The number of esters is 1. The van der Waals surface area contributed by atoms with Gasteiger partial charge in [-0.15, -0.1) is 0 Å². The number of allylic oxidation sites excluding steroid dienone is 2. The van der Waals surface area contributed by atoms with Crippen molar-refractivity contribution < 1.29 is 14.3 Å². The predicted molar refractivity (Wildman–Crippen MR) is 119 cm³/mol. The molecule has 1 spiro atoms. The molecule has 2 unspecified atom stereocenters. The van der Waals surface area contributed by atoms with Crippen LogP contribution in [0.5, 0.6) is 0 Å². The van der Waals surface area contributed by atoms with E-state index in [0.717, 1.165) is 23.1 Å². The highest BCUT2D eigenvalue weighted by molar-refractivity contribution is 6.12. The Bertz CT molecular complexity index is 987. The molecule has 0 radical (unpaired) electrons. The Morgan fingerprint density at radius 1 is 1.10 bits per heavy atom.